The van der Waals surface area contributed by atoms with Gasteiger partial charge in [0.1, 0.15) is 22.1 Å². The van der Waals surface area contributed by atoms with Crippen LogP contribution in [0, 0.1) is 30.2 Å². The van der Waals surface area contributed by atoms with Gasteiger partial charge in [-0.3, -0.25) is 0 Å². The molecule has 0 fully saturated rings. The minimum absolute atomic E-state index is 0.123. The van der Waals surface area contributed by atoms with Crippen LogP contribution in [-0.2, 0) is 6.11 Å². The van der Waals surface area contributed by atoms with Crippen molar-refractivity contribution < 1.29 is 50.5 Å². The van der Waals surface area contributed by atoms with E-state index in [1.807, 2.05) is 0 Å². The topological polar surface area (TPSA) is 9.23 Å². The Hall–Kier alpha value is -2.18. The molecule has 0 heterocycles. The second kappa shape index (κ2) is 5.42. The molecule has 0 atom stereocenters. The fraction of sp³-hybridized carbons (Fsp3) is 0.143. The molecule has 0 saturated heterocycles. The molecular formula is C14H7F11OS. The van der Waals surface area contributed by atoms with Crippen molar-refractivity contribution in [2.45, 2.75) is 17.9 Å². The minimum Gasteiger partial charge on any atom is -0.425 e. The van der Waals surface area contributed by atoms with Gasteiger partial charge in [-0.2, -0.15) is 13.2 Å². The summed E-state index contributed by atoms with van der Waals surface area (Å²) in [7, 11) is -10.7. The Morgan fingerprint density at radius 3 is 1.74 bits per heavy atom. The standard InChI is InChI=1S/C14H7F11OS/c1-6-4-7(15)11(8(16)5-6)14(19,20)26-9-2-3-10(13(18)12(9)17)27(21,22,23,24)25/h2-5H,1H3. The predicted molar refractivity (Wildman–Crippen MR) is 73.4 cm³/mol. The number of hydrogen-bond acceptors (Lipinski definition) is 1. The third-order valence-corrected chi connectivity index (χ3v) is 4.29. The van der Waals surface area contributed by atoms with Gasteiger partial charge in [-0.05, 0) is 36.8 Å². The van der Waals surface area contributed by atoms with Crippen molar-refractivity contribution in [3.05, 3.63) is 58.7 Å². The van der Waals surface area contributed by atoms with Crippen LogP contribution >= 0.6 is 10.2 Å². The number of halogens is 11. The number of hydrogen-bond donors (Lipinski definition) is 0. The van der Waals surface area contributed by atoms with E-state index >= 15 is 0 Å². The Morgan fingerprint density at radius 1 is 0.815 bits per heavy atom. The first kappa shape index (κ1) is 21.1. The van der Waals surface area contributed by atoms with Crippen molar-refractivity contribution in [1.82, 2.24) is 0 Å². The molecule has 27 heavy (non-hydrogen) atoms. The number of alkyl halides is 2. The van der Waals surface area contributed by atoms with Crippen LogP contribution in [0.5, 0.6) is 5.75 Å². The summed E-state index contributed by atoms with van der Waals surface area (Å²) in [5, 5.41) is 0. The number of aryl methyl sites for hydroxylation is 1. The van der Waals surface area contributed by atoms with Gasteiger partial charge in [-0.15, -0.1) is 0 Å². The maximum Gasteiger partial charge on any atom is 0.432 e. The summed E-state index contributed by atoms with van der Waals surface area (Å²) < 4.78 is 149. The van der Waals surface area contributed by atoms with Crippen molar-refractivity contribution in [2.75, 3.05) is 0 Å². The van der Waals surface area contributed by atoms with Crippen molar-refractivity contribution in [1.29, 1.82) is 0 Å². The van der Waals surface area contributed by atoms with E-state index in [9.17, 15) is 45.8 Å². The smallest absolute Gasteiger partial charge is 0.425 e. The molecule has 0 amide bonds. The molecule has 0 N–H and O–H groups in total. The highest BCUT2D eigenvalue weighted by Crippen LogP contribution is 3.02. The van der Waals surface area contributed by atoms with E-state index in [4.69, 9.17) is 0 Å². The van der Waals surface area contributed by atoms with Gasteiger partial charge in [0.05, 0.1) is 0 Å². The first-order valence-corrected chi connectivity index (χ1v) is 8.53. The molecule has 0 aliphatic carbocycles. The summed E-state index contributed by atoms with van der Waals surface area (Å²) in [6.07, 6.45) is -5.01. The fourth-order valence-electron chi connectivity index (χ4n) is 2.06. The molecule has 0 aromatic heterocycles. The molecule has 0 aliphatic rings. The number of rotatable bonds is 4. The Labute approximate surface area is 144 Å². The number of ether oxygens (including phenoxy) is 1. The second-order valence-electron chi connectivity index (χ2n) is 5.38. The van der Waals surface area contributed by atoms with Gasteiger partial charge in [-0.25, -0.2) is 13.2 Å². The summed E-state index contributed by atoms with van der Waals surface area (Å²) in [5.74, 6) is -11.7. The Morgan fingerprint density at radius 2 is 1.30 bits per heavy atom. The number of benzene rings is 2. The molecule has 0 unspecified atom stereocenters. The SMILES string of the molecule is Cc1cc(F)c(C(F)(F)Oc2ccc(S(F)(F)(F)(F)F)c(F)c2F)c(F)c1. The summed E-state index contributed by atoms with van der Waals surface area (Å²) in [6, 6.07) is -0.176. The average Bonchev–Trinajstić information content (AvgIpc) is 2.39. The molecule has 0 saturated carbocycles. The Kier molecular flexibility index (Phi) is 4.24. The van der Waals surface area contributed by atoms with Crippen LogP contribution < -0.4 is 4.74 Å². The van der Waals surface area contributed by atoms with Crippen molar-refractivity contribution >= 4 is 10.2 Å². The van der Waals surface area contributed by atoms with Crippen LogP contribution in [0.25, 0.3) is 0 Å². The highest BCUT2D eigenvalue weighted by Gasteiger charge is 2.67. The van der Waals surface area contributed by atoms with Gasteiger partial charge in [-0.1, -0.05) is 19.4 Å². The monoisotopic (exact) mass is 432 g/mol. The summed E-state index contributed by atoms with van der Waals surface area (Å²) >= 11 is 0. The van der Waals surface area contributed by atoms with E-state index in [2.05, 4.69) is 4.74 Å². The first-order chi connectivity index (χ1) is 11.8. The van der Waals surface area contributed by atoms with Crippen LogP contribution in [0.15, 0.2) is 29.2 Å². The summed E-state index contributed by atoms with van der Waals surface area (Å²) in [4.78, 5) is -3.30. The zero-order chi connectivity index (χ0) is 21.1. The Balaban J connectivity index is 2.55. The van der Waals surface area contributed by atoms with Crippen molar-refractivity contribution in [3.8, 4) is 5.75 Å². The lowest BCUT2D eigenvalue weighted by Gasteiger charge is -2.40. The van der Waals surface area contributed by atoms with Crippen molar-refractivity contribution in [3.63, 3.8) is 0 Å². The molecule has 0 spiro atoms. The lowest BCUT2D eigenvalue weighted by Crippen LogP contribution is -2.26. The maximum absolute atomic E-state index is 13.9. The molecule has 0 bridgehead atoms. The van der Waals surface area contributed by atoms with Crippen LogP contribution in [0.3, 0.4) is 0 Å². The summed E-state index contributed by atoms with van der Waals surface area (Å²) in [6.45, 7) is 1.14. The third kappa shape index (κ3) is 4.22. The van der Waals surface area contributed by atoms with Crippen LogP contribution in [0.2, 0.25) is 0 Å². The van der Waals surface area contributed by atoms with E-state index in [1.54, 1.807) is 0 Å². The average molecular weight is 432 g/mol. The first-order valence-electron chi connectivity index (χ1n) is 6.58. The van der Waals surface area contributed by atoms with E-state index in [0.717, 1.165) is 6.92 Å². The fourth-order valence-corrected chi connectivity index (χ4v) is 2.81. The highest BCUT2D eigenvalue weighted by molar-refractivity contribution is 8.45. The molecular weight excluding hydrogens is 425 g/mol. The molecule has 0 aliphatic heterocycles. The molecule has 2 aromatic rings. The van der Waals surface area contributed by atoms with Crippen LogP contribution in [0.4, 0.5) is 45.8 Å². The third-order valence-electron chi connectivity index (χ3n) is 3.14. The van der Waals surface area contributed by atoms with E-state index in [0.29, 0.717) is 12.1 Å². The molecule has 0 radical (unpaired) electrons. The largest absolute Gasteiger partial charge is 0.432 e. The van der Waals surface area contributed by atoms with Crippen molar-refractivity contribution in [2.24, 2.45) is 0 Å². The molecule has 1 nitrogen and oxygen atoms in total. The van der Waals surface area contributed by atoms with Crippen LogP contribution in [-0.4, -0.2) is 0 Å². The lowest BCUT2D eigenvalue weighted by atomic mass is 10.1. The van der Waals surface area contributed by atoms with Gasteiger partial charge in [0.15, 0.2) is 11.6 Å². The molecule has 13 heteroatoms. The van der Waals surface area contributed by atoms with Crippen LogP contribution in [0.1, 0.15) is 11.1 Å². The Bertz CT molecular complexity index is 898. The van der Waals surface area contributed by atoms with Gasteiger partial charge in [0, 0.05) is 0 Å². The lowest BCUT2D eigenvalue weighted by molar-refractivity contribution is -0.191. The van der Waals surface area contributed by atoms with Gasteiger partial charge in [0.2, 0.25) is 5.82 Å². The molecule has 2 rings (SSSR count). The van der Waals surface area contributed by atoms with Gasteiger partial charge in [0.25, 0.3) is 0 Å². The van der Waals surface area contributed by atoms with Gasteiger partial charge >= 0.3 is 16.3 Å². The second-order valence-corrected chi connectivity index (χ2v) is 7.76. The minimum atomic E-state index is -10.7. The van der Waals surface area contributed by atoms with Gasteiger partial charge < -0.3 is 4.74 Å². The maximum atomic E-state index is 13.9. The molecule has 152 valence electrons. The van der Waals surface area contributed by atoms with E-state index < -0.39 is 61.9 Å². The quantitative estimate of drug-likeness (QED) is 0.460. The predicted octanol–water partition coefficient (Wildman–Crippen LogP) is 7.34. The highest BCUT2D eigenvalue weighted by atomic mass is 32.5. The zero-order valence-corrected chi connectivity index (χ0v) is 13.6. The van der Waals surface area contributed by atoms with E-state index in [1.165, 1.54) is 0 Å². The molecule has 2 aromatic carbocycles. The summed E-state index contributed by atoms with van der Waals surface area (Å²) in [5.41, 5.74) is -2.16. The van der Waals surface area contributed by atoms with E-state index in [-0.39, 0.29) is 11.6 Å². The normalized spacial score (nSPS) is 15.3. The zero-order valence-electron chi connectivity index (χ0n) is 12.8.